The van der Waals surface area contributed by atoms with Gasteiger partial charge in [0, 0.05) is 68.6 Å². The lowest BCUT2D eigenvalue weighted by molar-refractivity contribution is 0.217. The molecule has 0 saturated heterocycles. The van der Waals surface area contributed by atoms with Crippen molar-refractivity contribution in [1.29, 1.82) is 0 Å². The molecule has 0 radical (unpaired) electrons. The van der Waals surface area contributed by atoms with Gasteiger partial charge in [0.25, 0.3) is 0 Å². The van der Waals surface area contributed by atoms with Gasteiger partial charge in [0.2, 0.25) is 0 Å². The van der Waals surface area contributed by atoms with Crippen LogP contribution in [0.5, 0.6) is 69.0 Å². The van der Waals surface area contributed by atoms with Crippen LogP contribution in [0.25, 0.3) is 155 Å². The van der Waals surface area contributed by atoms with Gasteiger partial charge in [-0.1, -0.05) is 146 Å². The van der Waals surface area contributed by atoms with Crippen LogP contribution < -0.4 is 56.8 Å². The van der Waals surface area contributed by atoms with E-state index in [0.29, 0.717) is 79.3 Å². The van der Waals surface area contributed by atoms with E-state index in [-0.39, 0.29) is 0 Å². The van der Waals surface area contributed by atoms with E-state index in [9.17, 15) is 0 Å². The van der Waals surface area contributed by atoms with Crippen LogP contribution in [0.15, 0.2) is 352 Å². The molecule has 0 atom stereocenters. The number of hydrogen-bond donors (Lipinski definition) is 0. The molecule has 38 bridgehead atoms. The topological polar surface area (TPSA) is 188 Å². The van der Waals surface area contributed by atoms with Crippen molar-refractivity contribution in [3.63, 3.8) is 0 Å². The molecule has 18 heteroatoms. The number of aromatic nitrogens is 6. The first kappa shape index (κ1) is 96.7. The van der Waals surface area contributed by atoms with Crippen LogP contribution in [0, 0.1) is 55.4 Å². The van der Waals surface area contributed by atoms with E-state index in [1.54, 1.807) is 0 Å². The van der Waals surface area contributed by atoms with Crippen molar-refractivity contribution in [2.24, 2.45) is 0 Å². The van der Waals surface area contributed by atoms with E-state index in [0.717, 1.165) is 295 Å². The Balaban J connectivity index is 0.000000173. The lowest BCUT2D eigenvalue weighted by Gasteiger charge is -2.15. The molecule has 148 heavy (non-hydrogen) atoms. The van der Waals surface area contributed by atoms with Crippen LogP contribution in [0.3, 0.4) is 0 Å². The summed E-state index contributed by atoms with van der Waals surface area (Å²) in [5.74, 6) is 9.79. The van der Waals surface area contributed by atoms with E-state index in [1.165, 1.54) is 0 Å². The Bertz CT molecular complexity index is 7550. The van der Waals surface area contributed by atoms with E-state index < -0.39 is 0 Å². The highest BCUT2D eigenvalue weighted by molar-refractivity contribution is 6.06. The van der Waals surface area contributed by atoms with Crippen molar-refractivity contribution in [2.45, 2.75) is 81.1 Å². The summed E-state index contributed by atoms with van der Waals surface area (Å²) in [6.07, 6.45) is 11.3. The molecule has 0 saturated carbocycles. The molecule has 40 aliphatic heterocycles. The molecule has 60 rings (SSSR count). The van der Waals surface area contributed by atoms with Gasteiger partial charge in [-0.25, -0.2) is 9.97 Å². The lowest BCUT2D eigenvalue weighted by Crippen LogP contribution is -2.09. The molecule has 18 nitrogen and oxygen atoms in total. The zero-order chi connectivity index (χ0) is 101. The molecule has 14 aromatic carbocycles. The first-order valence-electron chi connectivity index (χ1n) is 50.7. The van der Waals surface area contributed by atoms with Gasteiger partial charge in [-0.2, -0.15) is 0 Å². The number of aryl methyl sites for hydroxylation is 8. The maximum atomic E-state index is 6.21. The Morgan fingerprint density at radius 1 is 0.149 bits per heavy atom. The van der Waals surface area contributed by atoms with Gasteiger partial charge in [0.15, 0.2) is 0 Å². The van der Waals surface area contributed by atoms with Gasteiger partial charge in [-0.3, -0.25) is 19.9 Å². The molecule has 6 aromatic heterocycles. The molecule has 0 spiro atoms. The molecule has 46 heterocycles. The Kier molecular flexibility index (Phi) is 29.3. The van der Waals surface area contributed by atoms with Crippen molar-refractivity contribution in [3.8, 4) is 181 Å². The molecule has 0 N–H and O–H groups in total. The van der Waals surface area contributed by atoms with Crippen molar-refractivity contribution in [1.82, 2.24) is 29.9 Å². The first-order chi connectivity index (χ1) is 72.5. The number of pyridine rings is 6. The van der Waals surface area contributed by atoms with Crippen molar-refractivity contribution in [3.05, 3.63) is 397 Å². The average molecular weight is 1950 g/mol. The number of nitrogens with zero attached hydrogens (tertiary/aromatic N) is 6. The van der Waals surface area contributed by atoms with E-state index in [4.69, 9.17) is 86.7 Å². The Hall–Kier alpha value is -17.4. The summed E-state index contributed by atoms with van der Waals surface area (Å²) in [6, 6.07) is 112. The monoisotopic (exact) mass is 1950 g/mol. The zero-order valence-electron chi connectivity index (χ0n) is 84.4. The predicted molar refractivity (Wildman–Crippen MR) is 592 cm³/mol. The van der Waals surface area contributed by atoms with Gasteiger partial charge in [0.05, 0.1) is 71.3 Å². The highest BCUT2D eigenvalue weighted by atomic mass is 16.5. The van der Waals surface area contributed by atoms with Crippen LogP contribution in [0.1, 0.15) is 70.2 Å². The second-order valence-electron chi connectivity index (χ2n) is 37.6. The molecular weight excluding hydrogens is 1840 g/mol. The Morgan fingerprint density at radius 3 is 0.554 bits per heavy atom. The third-order valence-electron chi connectivity index (χ3n) is 27.1. The van der Waals surface area contributed by atoms with Crippen molar-refractivity contribution in [2.75, 3.05) is 79.3 Å². The molecular formula is C130H114N6O12. The molecule has 0 aliphatic carbocycles. The van der Waals surface area contributed by atoms with Gasteiger partial charge < -0.3 is 56.8 Å². The molecule has 0 fully saturated rings. The van der Waals surface area contributed by atoms with Gasteiger partial charge in [0.1, 0.15) is 122 Å². The smallest absolute Gasteiger partial charge is 0.122 e. The van der Waals surface area contributed by atoms with Crippen LogP contribution in [-0.2, 0) is 0 Å². The summed E-state index contributed by atoms with van der Waals surface area (Å²) in [7, 11) is 0. The fraction of sp³-hybridized carbons (Fsp3) is 0.185. The quantitative estimate of drug-likeness (QED) is 0.130. The lowest BCUT2D eigenvalue weighted by atomic mass is 9.95. The summed E-state index contributed by atoms with van der Waals surface area (Å²) in [5.41, 5.74) is 33.0. The summed E-state index contributed by atoms with van der Waals surface area (Å²) in [5, 5.41) is 4.08. The van der Waals surface area contributed by atoms with E-state index >= 15 is 0 Å². The molecule has 0 unspecified atom stereocenters. The largest absolute Gasteiger partial charge is 0.494 e. The second kappa shape index (κ2) is 44.9. The summed E-state index contributed by atoms with van der Waals surface area (Å²) in [6.45, 7) is 22.7. The normalized spacial score (nSPS) is 13.4. The Labute approximate surface area is 862 Å². The maximum Gasteiger partial charge on any atom is 0.122 e. The fourth-order valence-electron chi connectivity index (χ4n) is 19.7. The van der Waals surface area contributed by atoms with Crippen LogP contribution in [0.2, 0.25) is 0 Å². The summed E-state index contributed by atoms with van der Waals surface area (Å²) in [4.78, 5) is 30.2. The van der Waals surface area contributed by atoms with E-state index in [2.05, 4.69) is 262 Å². The van der Waals surface area contributed by atoms with Gasteiger partial charge in [-0.15, -0.1) is 0 Å². The minimum atomic E-state index is 0.414. The molecule has 40 aliphatic rings. The third kappa shape index (κ3) is 22.9. The minimum Gasteiger partial charge on any atom is -0.494 e. The SMILES string of the molecule is Cc1cc2cc(C)c1-c1ccc(nc1)-c1ccc3ccc4cc(cnc4c3n1)-c1c(C)cc(cc1C)OCCOc1ccc(cc1)-c1ccc(cc1)OCCCCOc1ccc(cc1)-c1ccc(cc1)OCCO2.Cc1cc2cc(C)c1-c1ccc(nc1)-c1ccc3ccc4cc(cnc4c3n1)-c1c(C)cc(cc1C)OCCOc1ccc(cc1)-c1ccc(cc1)OCCCCOc1ccc(cc1)-c1ccc(cc1)OCCO2. The molecule has 20 aromatic rings. The fourth-order valence-corrected chi connectivity index (χ4v) is 19.7. The first-order valence-corrected chi connectivity index (χ1v) is 50.7. The maximum absolute atomic E-state index is 6.21. The standard InChI is InChI=1S/2C65H57N3O6/c2*1-42-35-58-36-43(2)62(42)52-18-27-60(66-40-52)61-28-17-50-7-8-51-39-53(41-67-64(51)65(50)68-61)63-44(3)37-59(38-45(63)4)74-34-32-72-57-25-15-49(16-26-57)47-11-21-55(22-12-47)70-30-6-5-29-69-54-19-9-46(10-20-54)48-13-23-56(24-14-48)71-31-33-73-58/h2*7-28,35-41H,5-6,29-34H2,1-4H3. The Morgan fingerprint density at radius 2 is 0.331 bits per heavy atom. The number of benzene rings is 14. The number of ether oxygens (including phenoxy) is 12. The average Bonchev–Trinajstić information content (AvgIpc) is 0.763. The summed E-state index contributed by atoms with van der Waals surface area (Å²) >= 11 is 0. The van der Waals surface area contributed by atoms with E-state index in [1.807, 2.05) is 146 Å². The summed E-state index contributed by atoms with van der Waals surface area (Å²) < 4.78 is 73.3. The number of hydrogen-bond acceptors (Lipinski definition) is 18. The van der Waals surface area contributed by atoms with Gasteiger partial charge in [-0.05, 0) is 374 Å². The minimum absolute atomic E-state index is 0.414. The number of rotatable bonds is 0. The van der Waals surface area contributed by atoms with Crippen LogP contribution >= 0.6 is 0 Å². The molecule has 0 amide bonds. The molecule has 736 valence electrons. The second-order valence-corrected chi connectivity index (χ2v) is 37.6. The highest BCUT2D eigenvalue weighted by Gasteiger charge is 2.21. The zero-order valence-corrected chi connectivity index (χ0v) is 84.4. The third-order valence-corrected chi connectivity index (χ3v) is 27.1. The van der Waals surface area contributed by atoms with Crippen LogP contribution in [0.4, 0.5) is 0 Å². The van der Waals surface area contributed by atoms with Crippen molar-refractivity contribution < 1.29 is 56.8 Å². The predicted octanol–water partition coefficient (Wildman–Crippen LogP) is 30.4. The van der Waals surface area contributed by atoms with Gasteiger partial charge >= 0.3 is 0 Å². The van der Waals surface area contributed by atoms with Crippen LogP contribution in [-0.4, -0.2) is 109 Å². The highest BCUT2D eigenvalue weighted by Crippen LogP contribution is 2.42. The van der Waals surface area contributed by atoms with Crippen molar-refractivity contribution >= 4 is 43.6 Å².